The predicted molar refractivity (Wildman–Crippen MR) is 60.3 cm³/mol. The van der Waals surface area contributed by atoms with E-state index >= 15 is 0 Å². The number of hydrogen-bond acceptors (Lipinski definition) is 3. The molecule has 0 aromatic carbocycles. The van der Waals surface area contributed by atoms with Crippen molar-refractivity contribution in [1.29, 1.82) is 0 Å². The van der Waals surface area contributed by atoms with Crippen LogP contribution in [0, 0.1) is 5.92 Å². The molecular formula is C12H20N2O2. The highest BCUT2D eigenvalue weighted by Crippen LogP contribution is 2.37. The third-order valence-corrected chi connectivity index (χ3v) is 4.51. The van der Waals surface area contributed by atoms with Gasteiger partial charge >= 0.3 is 5.97 Å². The zero-order valence-electron chi connectivity index (χ0n) is 9.61. The Morgan fingerprint density at radius 2 is 2.19 bits per heavy atom. The molecule has 4 nitrogen and oxygen atoms in total. The van der Waals surface area contributed by atoms with Crippen LogP contribution in [0.3, 0.4) is 0 Å². The molecule has 0 radical (unpaired) electrons. The summed E-state index contributed by atoms with van der Waals surface area (Å²) in [5.74, 6) is 0.106. The van der Waals surface area contributed by atoms with Crippen molar-refractivity contribution in [3.05, 3.63) is 0 Å². The summed E-state index contributed by atoms with van der Waals surface area (Å²) in [6, 6.07) is 0.240. The fourth-order valence-electron chi connectivity index (χ4n) is 3.32. The van der Waals surface area contributed by atoms with Gasteiger partial charge in [0.05, 0.1) is 0 Å². The molecule has 16 heavy (non-hydrogen) atoms. The minimum atomic E-state index is -0.640. The van der Waals surface area contributed by atoms with Gasteiger partial charge in [0.1, 0.15) is 5.54 Å². The van der Waals surface area contributed by atoms with Crippen LogP contribution < -0.4 is 5.32 Å². The van der Waals surface area contributed by atoms with Crippen molar-refractivity contribution in [3.8, 4) is 0 Å². The molecular weight excluding hydrogens is 204 g/mol. The molecule has 3 rings (SSSR count). The Morgan fingerprint density at radius 3 is 2.88 bits per heavy atom. The first kappa shape index (κ1) is 10.5. The summed E-state index contributed by atoms with van der Waals surface area (Å²) >= 11 is 0. The van der Waals surface area contributed by atoms with E-state index in [1.165, 1.54) is 12.8 Å². The highest BCUT2D eigenvalue weighted by molar-refractivity contribution is 5.80. The average molecular weight is 224 g/mol. The van der Waals surface area contributed by atoms with Gasteiger partial charge in [0.25, 0.3) is 0 Å². The Bertz CT molecular complexity index is 303. The van der Waals surface area contributed by atoms with Crippen molar-refractivity contribution in [2.45, 2.75) is 43.7 Å². The van der Waals surface area contributed by atoms with Crippen LogP contribution in [0.4, 0.5) is 0 Å². The average Bonchev–Trinajstić information content (AvgIpc) is 2.84. The Labute approximate surface area is 96.0 Å². The van der Waals surface area contributed by atoms with Crippen molar-refractivity contribution in [2.24, 2.45) is 5.92 Å². The first-order valence-corrected chi connectivity index (χ1v) is 6.45. The molecule has 0 spiro atoms. The highest BCUT2D eigenvalue weighted by atomic mass is 16.4. The van der Waals surface area contributed by atoms with Gasteiger partial charge in [-0.15, -0.1) is 0 Å². The first-order valence-electron chi connectivity index (χ1n) is 6.45. The topological polar surface area (TPSA) is 52.6 Å². The lowest BCUT2D eigenvalue weighted by Crippen LogP contribution is -2.59. The van der Waals surface area contributed by atoms with E-state index in [1.807, 2.05) is 0 Å². The summed E-state index contributed by atoms with van der Waals surface area (Å²) < 4.78 is 0. The van der Waals surface area contributed by atoms with E-state index in [2.05, 4.69) is 10.2 Å². The standard InChI is InChI=1S/C12H20N2O2/c15-11(16)12(13-8-9-3-4-9)5-7-14-6-1-2-10(12)14/h9-10,13H,1-8H2,(H,15,16). The van der Waals surface area contributed by atoms with Gasteiger partial charge in [0.2, 0.25) is 0 Å². The number of hydrogen-bond donors (Lipinski definition) is 2. The lowest BCUT2D eigenvalue weighted by atomic mass is 9.88. The molecule has 1 aliphatic carbocycles. The van der Waals surface area contributed by atoms with Gasteiger partial charge in [-0.2, -0.15) is 0 Å². The normalized spacial score (nSPS) is 38.9. The molecule has 3 aliphatic rings. The van der Waals surface area contributed by atoms with E-state index in [1.54, 1.807) is 0 Å². The van der Waals surface area contributed by atoms with Gasteiger partial charge in [0, 0.05) is 12.6 Å². The first-order chi connectivity index (χ1) is 7.72. The Balaban J connectivity index is 1.75. The lowest BCUT2D eigenvalue weighted by molar-refractivity contribution is -0.145. The molecule has 0 amide bonds. The van der Waals surface area contributed by atoms with E-state index in [9.17, 15) is 9.90 Å². The highest BCUT2D eigenvalue weighted by Gasteiger charge is 2.54. The zero-order valence-corrected chi connectivity index (χ0v) is 9.61. The van der Waals surface area contributed by atoms with Crippen LogP contribution in [0.15, 0.2) is 0 Å². The molecule has 90 valence electrons. The molecule has 2 unspecified atom stereocenters. The second kappa shape index (κ2) is 3.70. The van der Waals surface area contributed by atoms with Gasteiger partial charge in [-0.1, -0.05) is 0 Å². The Morgan fingerprint density at radius 1 is 1.38 bits per heavy atom. The van der Waals surface area contributed by atoms with Crippen molar-refractivity contribution in [1.82, 2.24) is 10.2 Å². The van der Waals surface area contributed by atoms with Crippen molar-refractivity contribution in [3.63, 3.8) is 0 Å². The van der Waals surface area contributed by atoms with E-state index in [0.29, 0.717) is 0 Å². The summed E-state index contributed by atoms with van der Waals surface area (Å²) in [7, 11) is 0. The number of carboxylic acids is 1. The van der Waals surface area contributed by atoms with Gasteiger partial charge in [-0.25, -0.2) is 0 Å². The number of nitrogens with one attached hydrogen (secondary N) is 1. The third-order valence-electron chi connectivity index (χ3n) is 4.51. The smallest absolute Gasteiger partial charge is 0.325 e. The summed E-state index contributed by atoms with van der Waals surface area (Å²) in [6.07, 6.45) is 5.53. The number of aliphatic carboxylic acids is 1. The summed E-state index contributed by atoms with van der Waals surface area (Å²) in [5.41, 5.74) is -0.640. The van der Waals surface area contributed by atoms with Crippen LogP contribution in [-0.2, 0) is 4.79 Å². The molecule has 2 aliphatic heterocycles. The second-order valence-electron chi connectivity index (χ2n) is 5.54. The number of rotatable bonds is 4. The Kier molecular flexibility index (Phi) is 2.44. The maximum absolute atomic E-state index is 11.6. The molecule has 0 aromatic heterocycles. The third kappa shape index (κ3) is 1.55. The van der Waals surface area contributed by atoms with Crippen LogP contribution >= 0.6 is 0 Å². The number of nitrogens with zero attached hydrogens (tertiary/aromatic N) is 1. The van der Waals surface area contributed by atoms with E-state index in [4.69, 9.17) is 0 Å². The van der Waals surface area contributed by atoms with E-state index in [-0.39, 0.29) is 6.04 Å². The largest absolute Gasteiger partial charge is 0.480 e. The number of carboxylic acid groups (broad SMARTS) is 1. The summed E-state index contributed by atoms with van der Waals surface area (Å²) in [6.45, 7) is 2.94. The van der Waals surface area contributed by atoms with Crippen LogP contribution in [0.25, 0.3) is 0 Å². The van der Waals surface area contributed by atoms with Gasteiger partial charge in [-0.05, 0) is 51.1 Å². The van der Waals surface area contributed by atoms with Crippen LogP contribution in [-0.4, -0.2) is 47.2 Å². The molecule has 4 heteroatoms. The predicted octanol–water partition coefficient (Wildman–Crippen LogP) is 0.677. The molecule has 3 fully saturated rings. The van der Waals surface area contributed by atoms with Crippen LogP contribution in [0.5, 0.6) is 0 Å². The maximum atomic E-state index is 11.6. The molecule has 2 N–H and O–H groups in total. The van der Waals surface area contributed by atoms with Crippen molar-refractivity contribution >= 4 is 5.97 Å². The Hall–Kier alpha value is -0.610. The summed E-state index contributed by atoms with van der Waals surface area (Å²) in [4.78, 5) is 14.0. The molecule has 2 atom stereocenters. The molecule has 0 aromatic rings. The zero-order chi connectivity index (χ0) is 11.2. The lowest BCUT2D eigenvalue weighted by Gasteiger charge is -2.32. The SMILES string of the molecule is O=C(O)C1(NCC2CC2)CCN2CCCC21. The van der Waals surface area contributed by atoms with E-state index < -0.39 is 11.5 Å². The van der Waals surface area contributed by atoms with Crippen molar-refractivity contribution in [2.75, 3.05) is 19.6 Å². The quantitative estimate of drug-likeness (QED) is 0.737. The monoisotopic (exact) mass is 224 g/mol. The molecule has 0 bridgehead atoms. The molecule has 2 heterocycles. The number of carbonyl (C=O) groups is 1. The number of fused-ring (bicyclic) bond motifs is 1. The summed E-state index contributed by atoms with van der Waals surface area (Å²) in [5, 5.41) is 12.9. The molecule has 2 saturated heterocycles. The van der Waals surface area contributed by atoms with Gasteiger partial charge in [-0.3, -0.25) is 9.69 Å². The van der Waals surface area contributed by atoms with Crippen LogP contribution in [0.1, 0.15) is 32.1 Å². The van der Waals surface area contributed by atoms with E-state index in [0.717, 1.165) is 44.8 Å². The fraction of sp³-hybridized carbons (Fsp3) is 0.917. The molecule has 1 saturated carbocycles. The van der Waals surface area contributed by atoms with Gasteiger partial charge in [0.15, 0.2) is 0 Å². The van der Waals surface area contributed by atoms with Gasteiger partial charge < -0.3 is 10.4 Å². The fourth-order valence-corrected chi connectivity index (χ4v) is 3.32. The minimum absolute atomic E-state index is 0.240. The maximum Gasteiger partial charge on any atom is 0.325 e. The van der Waals surface area contributed by atoms with Crippen LogP contribution in [0.2, 0.25) is 0 Å². The minimum Gasteiger partial charge on any atom is -0.480 e. The van der Waals surface area contributed by atoms with Crippen molar-refractivity contribution < 1.29 is 9.90 Å². The second-order valence-corrected chi connectivity index (χ2v) is 5.54.